The van der Waals surface area contributed by atoms with Crippen LogP contribution in [-0.2, 0) is 35.0 Å². The fraction of sp³-hybridized carbons (Fsp3) is 0.438. The molecule has 0 saturated carbocycles. The lowest BCUT2D eigenvalue weighted by atomic mass is 9.88. The Hall–Kier alpha value is -3.37. The van der Waals surface area contributed by atoms with Crippen LogP contribution in [0.25, 0.3) is 11.1 Å². The fourth-order valence-electron chi connectivity index (χ4n) is 4.78. The molecule has 0 fully saturated rings. The Bertz CT molecular complexity index is 1430. The van der Waals surface area contributed by atoms with Crippen molar-refractivity contribution in [2.24, 2.45) is 0 Å². The van der Waals surface area contributed by atoms with Crippen LogP contribution in [0.4, 0.5) is 8.78 Å². The highest BCUT2D eigenvalue weighted by atomic mass is 32.2. The summed E-state index contributed by atoms with van der Waals surface area (Å²) in [6, 6.07) is 4.84. The molecule has 0 unspecified atom stereocenters. The van der Waals surface area contributed by atoms with E-state index < -0.39 is 46.4 Å². The van der Waals surface area contributed by atoms with Crippen LogP contribution in [0, 0.1) is 25.5 Å². The van der Waals surface area contributed by atoms with Crippen LogP contribution in [0.15, 0.2) is 48.6 Å². The van der Waals surface area contributed by atoms with Gasteiger partial charge in [0.25, 0.3) is 16.0 Å². The monoisotopic (exact) mass is 605 g/mol. The lowest BCUT2D eigenvalue weighted by molar-refractivity contribution is -0.144. The molecule has 0 heterocycles. The Morgan fingerprint density at radius 2 is 1.79 bits per heavy atom. The normalized spacial score (nSPS) is 13.1. The maximum absolute atomic E-state index is 15.8. The van der Waals surface area contributed by atoms with Gasteiger partial charge in [-0.2, -0.15) is 8.42 Å². The number of halogens is 2. The number of nitrogens with one attached hydrogen (secondary N) is 1. The second-order valence-corrected chi connectivity index (χ2v) is 12.0. The summed E-state index contributed by atoms with van der Waals surface area (Å²) in [7, 11) is -4.03. The van der Waals surface area contributed by atoms with Crippen molar-refractivity contribution in [3.8, 4) is 11.1 Å². The van der Waals surface area contributed by atoms with E-state index in [2.05, 4.69) is 11.9 Å². The van der Waals surface area contributed by atoms with Gasteiger partial charge in [-0.05, 0) is 106 Å². The first-order chi connectivity index (χ1) is 19.7. The van der Waals surface area contributed by atoms with Crippen molar-refractivity contribution in [2.75, 3.05) is 12.9 Å². The average Bonchev–Trinajstić information content (AvgIpc) is 2.86. The number of benzene rings is 2. The van der Waals surface area contributed by atoms with E-state index in [1.54, 1.807) is 33.8 Å². The van der Waals surface area contributed by atoms with E-state index in [1.165, 1.54) is 18.2 Å². The van der Waals surface area contributed by atoms with Crippen LogP contribution in [-0.4, -0.2) is 39.3 Å². The summed E-state index contributed by atoms with van der Waals surface area (Å²) in [5, 5.41) is 2.61. The standard InChI is InChI=1S/C32H41F2NO6S/c1-8-10-11-12-13-23-17-25(33)16-21(5)30(23)24-15-22(6)31(34)26(18-24)27(19-29(36)40-9-2)35-32(37)28(14-20(3)4)41-42(7,38)39/h8,10,15-18,27-28H,3,9,11-14,19H2,1-2,4-7H3,(H,35,37)/t27-,28+/m0/s1. The summed E-state index contributed by atoms with van der Waals surface area (Å²) in [6.07, 6.45) is 4.96. The number of carbonyl (C=O) groups excluding carboxylic acids is 2. The molecule has 0 spiro atoms. The highest BCUT2D eigenvalue weighted by Gasteiger charge is 2.30. The van der Waals surface area contributed by atoms with E-state index in [9.17, 15) is 22.4 Å². The van der Waals surface area contributed by atoms with Crippen molar-refractivity contribution in [1.82, 2.24) is 5.32 Å². The molecule has 1 N–H and O–H groups in total. The number of amides is 1. The summed E-state index contributed by atoms with van der Waals surface area (Å²) >= 11 is 0. The zero-order valence-corrected chi connectivity index (χ0v) is 26.0. The van der Waals surface area contributed by atoms with Gasteiger partial charge in [-0.15, -0.1) is 6.58 Å². The molecule has 2 aromatic rings. The number of hydrogen-bond donors (Lipinski definition) is 1. The molecule has 230 valence electrons. The van der Waals surface area contributed by atoms with Gasteiger partial charge in [0.05, 0.1) is 25.3 Å². The maximum Gasteiger partial charge on any atom is 0.308 e. The van der Waals surface area contributed by atoms with Crippen LogP contribution in [0.1, 0.15) is 74.8 Å². The van der Waals surface area contributed by atoms with Crippen molar-refractivity contribution in [3.05, 3.63) is 82.5 Å². The molecule has 10 heteroatoms. The topological polar surface area (TPSA) is 98.8 Å². The van der Waals surface area contributed by atoms with Crippen molar-refractivity contribution < 1.29 is 35.7 Å². The van der Waals surface area contributed by atoms with E-state index in [0.29, 0.717) is 23.1 Å². The molecular weight excluding hydrogens is 564 g/mol. The van der Waals surface area contributed by atoms with Gasteiger partial charge >= 0.3 is 5.97 Å². The van der Waals surface area contributed by atoms with Gasteiger partial charge in [0.1, 0.15) is 11.6 Å². The molecule has 0 aliphatic carbocycles. The minimum absolute atomic E-state index is 0.00317. The van der Waals surface area contributed by atoms with E-state index in [0.717, 1.165) is 30.2 Å². The number of carbonyl (C=O) groups is 2. The number of ether oxygens (including phenoxy) is 1. The van der Waals surface area contributed by atoms with Crippen molar-refractivity contribution >= 4 is 22.0 Å². The first-order valence-electron chi connectivity index (χ1n) is 13.9. The summed E-state index contributed by atoms with van der Waals surface area (Å²) in [5.74, 6) is -2.57. The lowest BCUT2D eigenvalue weighted by Gasteiger charge is -2.24. The summed E-state index contributed by atoms with van der Waals surface area (Å²) < 4.78 is 64.0. The second-order valence-electron chi connectivity index (χ2n) is 10.4. The number of rotatable bonds is 15. The fourth-order valence-corrected chi connectivity index (χ4v) is 5.36. The molecule has 0 aromatic heterocycles. The van der Waals surface area contributed by atoms with Crippen molar-refractivity contribution in [1.29, 1.82) is 0 Å². The summed E-state index contributed by atoms with van der Waals surface area (Å²) in [5.41, 5.74) is 3.48. The highest BCUT2D eigenvalue weighted by molar-refractivity contribution is 7.86. The van der Waals surface area contributed by atoms with Gasteiger partial charge in [0.15, 0.2) is 6.10 Å². The van der Waals surface area contributed by atoms with Crippen LogP contribution in [0.2, 0.25) is 0 Å². The van der Waals surface area contributed by atoms with Crippen LogP contribution in [0.5, 0.6) is 0 Å². The van der Waals surface area contributed by atoms with E-state index in [1.807, 2.05) is 19.1 Å². The van der Waals surface area contributed by atoms with Crippen LogP contribution < -0.4 is 5.32 Å². The van der Waals surface area contributed by atoms with Crippen LogP contribution in [0.3, 0.4) is 0 Å². The van der Waals surface area contributed by atoms with E-state index in [4.69, 9.17) is 8.92 Å². The molecule has 0 aliphatic heterocycles. The molecule has 2 atom stereocenters. The minimum atomic E-state index is -4.03. The molecule has 0 saturated heterocycles. The number of allylic oxidation sites excluding steroid dienone is 2. The van der Waals surface area contributed by atoms with Gasteiger partial charge in [-0.25, -0.2) is 8.78 Å². The largest absolute Gasteiger partial charge is 0.466 e. The highest BCUT2D eigenvalue weighted by Crippen LogP contribution is 2.35. The van der Waals surface area contributed by atoms with Gasteiger partial charge in [-0.3, -0.25) is 13.8 Å². The predicted octanol–water partition coefficient (Wildman–Crippen LogP) is 6.57. The summed E-state index contributed by atoms with van der Waals surface area (Å²) in [6.45, 7) is 12.3. The van der Waals surface area contributed by atoms with Gasteiger partial charge < -0.3 is 10.1 Å². The zero-order chi connectivity index (χ0) is 31.6. The number of hydrogen-bond acceptors (Lipinski definition) is 6. The molecule has 42 heavy (non-hydrogen) atoms. The Morgan fingerprint density at radius 1 is 1.10 bits per heavy atom. The Labute approximate surface area is 248 Å². The van der Waals surface area contributed by atoms with E-state index >= 15 is 4.39 Å². The molecule has 0 bridgehead atoms. The van der Waals surface area contributed by atoms with Gasteiger partial charge in [0.2, 0.25) is 0 Å². The lowest BCUT2D eigenvalue weighted by Crippen LogP contribution is -2.41. The maximum atomic E-state index is 15.8. The SMILES string of the molecule is C=C(C)C[C@@H](OS(C)(=O)=O)C(=O)N[C@@H](CC(=O)OCC)c1cc(-c2c(C)cc(F)cc2CCCC=CC)cc(C)c1F. The number of unbranched alkanes of at least 4 members (excludes halogenated alkanes) is 1. The molecule has 1 amide bonds. The smallest absolute Gasteiger partial charge is 0.308 e. The molecular formula is C32H41F2NO6S. The first-order valence-corrected chi connectivity index (χ1v) is 15.7. The average molecular weight is 606 g/mol. The van der Waals surface area contributed by atoms with Gasteiger partial charge in [-0.1, -0.05) is 17.7 Å². The Kier molecular flexibility index (Phi) is 13.1. The quantitative estimate of drug-likeness (QED) is 0.107. The zero-order valence-electron chi connectivity index (χ0n) is 25.2. The third kappa shape index (κ3) is 10.5. The Balaban J connectivity index is 2.65. The Morgan fingerprint density at radius 3 is 2.38 bits per heavy atom. The minimum Gasteiger partial charge on any atom is -0.466 e. The number of esters is 1. The molecule has 7 nitrogen and oxygen atoms in total. The van der Waals surface area contributed by atoms with Crippen molar-refractivity contribution in [3.63, 3.8) is 0 Å². The summed E-state index contributed by atoms with van der Waals surface area (Å²) in [4.78, 5) is 25.9. The third-order valence-corrected chi connectivity index (χ3v) is 7.07. The molecule has 2 rings (SSSR count). The third-order valence-electron chi connectivity index (χ3n) is 6.49. The van der Waals surface area contributed by atoms with Crippen molar-refractivity contribution in [2.45, 2.75) is 78.9 Å². The van der Waals surface area contributed by atoms with Crippen LogP contribution >= 0.6 is 0 Å². The first kappa shape index (κ1) is 34.8. The predicted molar refractivity (Wildman–Crippen MR) is 160 cm³/mol. The van der Waals surface area contributed by atoms with Gasteiger partial charge in [0, 0.05) is 12.0 Å². The number of aryl methyl sites for hydroxylation is 3. The molecule has 0 aliphatic rings. The van der Waals surface area contributed by atoms with E-state index in [-0.39, 0.29) is 30.0 Å². The molecule has 0 radical (unpaired) electrons. The second kappa shape index (κ2) is 15.7. The molecule has 2 aromatic carbocycles.